The number of rotatable bonds is 2. The zero-order valence-electron chi connectivity index (χ0n) is 10.6. The van der Waals surface area contributed by atoms with E-state index in [9.17, 15) is 9.90 Å². The van der Waals surface area contributed by atoms with E-state index in [4.69, 9.17) is 11.6 Å². The molecule has 0 aliphatic rings. The van der Waals surface area contributed by atoms with E-state index in [0.29, 0.717) is 16.3 Å². The normalized spacial score (nSPS) is 10.3. The molecule has 0 aliphatic carbocycles. The van der Waals surface area contributed by atoms with Crippen LogP contribution in [0.2, 0.25) is 5.02 Å². The lowest BCUT2D eigenvalue weighted by Crippen LogP contribution is -2.13. The average Bonchev–Trinajstić information content (AvgIpc) is 2.33. The Bertz CT molecular complexity index is 641. The van der Waals surface area contributed by atoms with Crippen molar-refractivity contribution in [3.63, 3.8) is 0 Å². The Hall–Kier alpha value is -2.07. The van der Waals surface area contributed by atoms with Crippen LogP contribution >= 0.6 is 11.6 Å². The van der Waals surface area contributed by atoms with Crippen LogP contribution in [-0.4, -0.2) is 16.0 Å². The number of halogens is 1. The number of nitrogens with one attached hydrogen (secondary N) is 1. The molecule has 0 aliphatic heterocycles. The standard InChI is InChI=1S/C14H13ClN2O2/c1-8-3-4-10(6-13(8)18)17-14(19)11-7-16-9(2)5-12(11)15/h3-7,18H,1-2H3,(H,17,19). The van der Waals surface area contributed by atoms with Gasteiger partial charge < -0.3 is 10.4 Å². The van der Waals surface area contributed by atoms with Crippen LogP contribution in [0.15, 0.2) is 30.5 Å². The highest BCUT2D eigenvalue weighted by Crippen LogP contribution is 2.22. The minimum atomic E-state index is -0.360. The lowest BCUT2D eigenvalue weighted by molar-refractivity contribution is 0.102. The first kappa shape index (κ1) is 13.4. The molecule has 2 rings (SSSR count). The van der Waals surface area contributed by atoms with Crippen LogP contribution in [0.25, 0.3) is 0 Å². The molecule has 0 saturated heterocycles. The van der Waals surface area contributed by atoms with Gasteiger partial charge in [-0.15, -0.1) is 0 Å². The number of phenolic OH excluding ortho intramolecular Hbond substituents is 1. The molecular weight excluding hydrogens is 264 g/mol. The Morgan fingerprint density at radius 2 is 2.05 bits per heavy atom. The molecule has 5 heteroatoms. The number of benzene rings is 1. The number of anilines is 1. The van der Waals surface area contributed by atoms with Gasteiger partial charge in [0.25, 0.3) is 5.91 Å². The number of phenols is 1. The topological polar surface area (TPSA) is 62.2 Å². The zero-order valence-corrected chi connectivity index (χ0v) is 11.3. The quantitative estimate of drug-likeness (QED) is 0.884. The SMILES string of the molecule is Cc1cc(Cl)c(C(=O)Nc2ccc(C)c(O)c2)cn1. The van der Waals surface area contributed by atoms with Crippen LogP contribution in [0, 0.1) is 13.8 Å². The number of carbonyl (C=O) groups excluding carboxylic acids is 1. The molecule has 0 atom stereocenters. The van der Waals surface area contributed by atoms with Gasteiger partial charge in [-0.3, -0.25) is 9.78 Å². The van der Waals surface area contributed by atoms with Gasteiger partial charge in [0.2, 0.25) is 0 Å². The number of hydrogen-bond acceptors (Lipinski definition) is 3. The number of amides is 1. The molecular formula is C14H13ClN2O2. The number of aromatic hydroxyl groups is 1. The summed E-state index contributed by atoms with van der Waals surface area (Å²) in [5.41, 5.74) is 2.29. The molecule has 0 bridgehead atoms. The summed E-state index contributed by atoms with van der Waals surface area (Å²) in [5.74, 6) is -0.230. The summed E-state index contributed by atoms with van der Waals surface area (Å²) in [6, 6.07) is 6.55. The van der Waals surface area contributed by atoms with Crippen LogP contribution in [0.5, 0.6) is 5.75 Å². The van der Waals surface area contributed by atoms with Gasteiger partial charge in [-0.2, -0.15) is 0 Å². The first-order valence-electron chi connectivity index (χ1n) is 5.70. The summed E-state index contributed by atoms with van der Waals surface area (Å²) in [6.07, 6.45) is 1.43. The summed E-state index contributed by atoms with van der Waals surface area (Å²) >= 11 is 6.00. The number of aryl methyl sites for hydroxylation is 2. The number of pyridine rings is 1. The second kappa shape index (κ2) is 5.28. The molecule has 19 heavy (non-hydrogen) atoms. The molecule has 1 heterocycles. The summed E-state index contributed by atoms with van der Waals surface area (Å²) in [5, 5.41) is 12.6. The van der Waals surface area contributed by atoms with Gasteiger partial charge in [-0.25, -0.2) is 0 Å². The Morgan fingerprint density at radius 1 is 1.32 bits per heavy atom. The van der Waals surface area contributed by atoms with E-state index in [1.54, 1.807) is 32.0 Å². The van der Waals surface area contributed by atoms with Crippen molar-refractivity contribution >= 4 is 23.2 Å². The maximum absolute atomic E-state index is 12.0. The molecule has 2 N–H and O–H groups in total. The Labute approximate surface area is 116 Å². The van der Waals surface area contributed by atoms with Gasteiger partial charge in [-0.05, 0) is 31.5 Å². The molecule has 0 unspecified atom stereocenters. The van der Waals surface area contributed by atoms with Crippen LogP contribution in [0.1, 0.15) is 21.6 Å². The highest BCUT2D eigenvalue weighted by Gasteiger charge is 2.11. The van der Waals surface area contributed by atoms with Gasteiger partial charge >= 0.3 is 0 Å². The molecule has 1 amide bonds. The zero-order chi connectivity index (χ0) is 14.0. The fourth-order valence-electron chi connectivity index (χ4n) is 1.58. The van der Waals surface area contributed by atoms with Gasteiger partial charge in [0.15, 0.2) is 0 Å². The molecule has 0 spiro atoms. The van der Waals surface area contributed by atoms with E-state index in [2.05, 4.69) is 10.3 Å². The van der Waals surface area contributed by atoms with Crippen molar-refractivity contribution in [2.75, 3.05) is 5.32 Å². The molecule has 98 valence electrons. The Balaban J connectivity index is 2.23. The number of aromatic nitrogens is 1. The summed E-state index contributed by atoms with van der Waals surface area (Å²) in [7, 11) is 0. The van der Waals surface area contributed by atoms with Gasteiger partial charge in [0.05, 0.1) is 10.6 Å². The third kappa shape index (κ3) is 3.03. The van der Waals surface area contributed by atoms with Crippen molar-refractivity contribution in [1.29, 1.82) is 0 Å². The predicted octanol–water partition coefficient (Wildman–Crippen LogP) is 3.31. The molecule has 2 aromatic rings. The molecule has 1 aromatic heterocycles. The molecule has 0 radical (unpaired) electrons. The lowest BCUT2D eigenvalue weighted by Gasteiger charge is -2.08. The Kier molecular flexibility index (Phi) is 3.71. The third-order valence-corrected chi connectivity index (χ3v) is 3.01. The van der Waals surface area contributed by atoms with Crippen molar-refractivity contribution < 1.29 is 9.90 Å². The fourth-order valence-corrected chi connectivity index (χ4v) is 1.87. The van der Waals surface area contributed by atoms with E-state index >= 15 is 0 Å². The minimum Gasteiger partial charge on any atom is -0.508 e. The molecule has 4 nitrogen and oxygen atoms in total. The summed E-state index contributed by atoms with van der Waals surface area (Å²) in [4.78, 5) is 16.1. The van der Waals surface area contributed by atoms with Crippen LogP contribution in [0.4, 0.5) is 5.69 Å². The van der Waals surface area contributed by atoms with Crippen LogP contribution in [0.3, 0.4) is 0 Å². The number of carbonyl (C=O) groups is 1. The van der Waals surface area contributed by atoms with Crippen LogP contribution in [-0.2, 0) is 0 Å². The highest BCUT2D eigenvalue weighted by atomic mass is 35.5. The largest absolute Gasteiger partial charge is 0.508 e. The number of hydrogen-bond donors (Lipinski definition) is 2. The van der Waals surface area contributed by atoms with Crippen molar-refractivity contribution in [3.05, 3.63) is 52.3 Å². The first-order valence-corrected chi connectivity index (χ1v) is 6.08. The minimum absolute atomic E-state index is 0.130. The Morgan fingerprint density at radius 3 is 2.68 bits per heavy atom. The summed E-state index contributed by atoms with van der Waals surface area (Å²) in [6.45, 7) is 3.58. The maximum atomic E-state index is 12.0. The van der Waals surface area contributed by atoms with Crippen molar-refractivity contribution in [1.82, 2.24) is 4.98 Å². The second-order valence-corrected chi connectivity index (χ2v) is 4.67. The average molecular weight is 277 g/mol. The van der Waals surface area contributed by atoms with E-state index in [-0.39, 0.29) is 11.7 Å². The molecule has 0 saturated carbocycles. The molecule has 1 aromatic carbocycles. The predicted molar refractivity (Wildman–Crippen MR) is 74.8 cm³/mol. The second-order valence-electron chi connectivity index (χ2n) is 4.26. The van der Waals surface area contributed by atoms with E-state index in [1.807, 2.05) is 0 Å². The smallest absolute Gasteiger partial charge is 0.258 e. The molecule has 0 fully saturated rings. The van der Waals surface area contributed by atoms with Gasteiger partial charge in [0.1, 0.15) is 5.75 Å². The lowest BCUT2D eigenvalue weighted by atomic mass is 10.2. The maximum Gasteiger partial charge on any atom is 0.258 e. The fraction of sp³-hybridized carbons (Fsp3) is 0.143. The van der Waals surface area contributed by atoms with E-state index in [1.165, 1.54) is 12.3 Å². The number of nitrogens with zero attached hydrogens (tertiary/aromatic N) is 1. The van der Waals surface area contributed by atoms with Crippen molar-refractivity contribution in [3.8, 4) is 5.75 Å². The van der Waals surface area contributed by atoms with Crippen LogP contribution < -0.4 is 5.32 Å². The third-order valence-electron chi connectivity index (χ3n) is 2.70. The van der Waals surface area contributed by atoms with Gasteiger partial charge in [-0.1, -0.05) is 17.7 Å². The summed E-state index contributed by atoms with van der Waals surface area (Å²) < 4.78 is 0. The highest BCUT2D eigenvalue weighted by molar-refractivity contribution is 6.34. The van der Waals surface area contributed by atoms with E-state index in [0.717, 1.165) is 11.3 Å². The first-order chi connectivity index (χ1) is 8.97. The van der Waals surface area contributed by atoms with Gasteiger partial charge in [0, 0.05) is 23.6 Å². The van der Waals surface area contributed by atoms with Crippen molar-refractivity contribution in [2.45, 2.75) is 13.8 Å². The van der Waals surface area contributed by atoms with E-state index < -0.39 is 0 Å². The monoisotopic (exact) mass is 276 g/mol. The van der Waals surface area contributed by atoms with Crippen molar-refractivity contribution in [2.24, 2.45) is 0 Å².